The molecule has 0 aromatic heterocycles. The van der Waals surface area contributed by atoms with E-state index in [-0.39, 0.29) is 0 Å². The maximum Gasteiger partial charge on any atom is 0.106 e. The first kappa shape index (κ1) is 11.3. The molecule has 0 aromatic carbocycles. The fourth-order valence-corrected chi connectivity index (χ4v) is 1.56. The van der Waals surface area contributed by atoms with Crippen molar-refractivity contribution in [2.24, 2.45) is 5.16 Å². The molecule has 0 spiro atoms. The average Bonchev–Trinajstić information content (AvgIpc) is 2.95. The van der Waals surface area contributed by atoms with Crippen molar-refractivity contribution in [1.82, 2.24) is 0 Å². The van der Waals surface area contributed by atoms with Gasteiger partial charge >= 0.3 is 0 Å². The third kappa shape index (κ3) is 5.79. The van der Waals surface area contributed by atoms with Crippen LogP contribution in [-0.2, 0) is 4.84 Å². The zero-order chi connectivity index (χ0) is 10.2. The van der Waals surface area contributed by atoms with Gasteiger partial charge in [0.15, 0.2) is 0 Å². The smallest absolute Gasteiger partial charge is 0.106 e. The van der Waals surface area contributed by atoms with E-state index < -0.39 is 0 Å². The molecule has 1 aliphatic carbocycles. The minimum atomic E-state index is 1.08. The number of allylic oxidation sites excluding steroid dienone is 2. The Morgan fingerprint density at radius 2 is 2.07 bits per heavy atom. The van der Waals surface area contributed by atoms with Crippen LogP contribution in [0.5, 0.6) is 0 Å². The van der Waals surface area contributed by atoms with Gasteiger partial charge in [-0.1, -0.05) is 29.6 Å². The van der Waals surface area contributed by atoms with Crippen molar-refractivity contribution >= 4 is 5.71 Å². The summed E-state index contributed by atoms with van der Waals surface area (Å²) in [6.07, 6.45) is 11.3. The lowest BCUT2D eigenvalue weighted by Gasteiger charge is -2.00. The van der Waals surface area contributed by atoms with E-state index in [4.69, 9.17) is 4.84 Å². The van der Waals surface area contributed by atoms with E-state index in [0.29, 0.717) is 0 Å². The Morgan fingerprint density at radius 3 is 2.71 bits per heavy atom. The van der Waals surface area contributed by atoms with Crippen LogP contribution in [0, 0.1) is 0 Å². The van der Waals surface area contributed by atoms with Gasteiger partial charge in [0.2, 0.25) is 0 Å². The number of oxime groups is 1. The van der Waals surface area contributed by atoms with Gasteiger partial charge in [0.05, 0.1) is 5.71 Å². The maximum atomic E-state index is 4.70. The first-order valence-electron chi connectivity index (χ1n) is 5.57. The Labute approximate surface area is 87.0 Å². The lowest BCUT2D eigenvalue weighted by Crippen LogP contribution is -1.92. The Hall–Kier alpha value is -0.790. The van der Waals surface area contributed by atoms with E-state index in [1.54, 1.807) is 12.7 Å². The van der Waals surface area contributed by atoms with E-state index >= 15 is 0 Å². The van der Waals surface area contributed by atoms with Gasteiger partial charge in [-0.25, -0.2) is 0 Å². The van der Waals surface area contributed by atoms with Gasteiger partial charge < -0.3 is 4.84 Å². The van der Waals surface area contributed by atoms with Gasteiger partial charge in [-0.2, -0.15) is 0 Å². The molecular weight excluding hydrogens is 174 g/mol. The van der Waals surface area contributed by atoms with Gasteiger partial charge in [-0.3, -0.25) is 0 Å². The molecule has 1 aliphatic rings. The number of nitrogens with zero attached hydrogens (tertiary/aromatic N) is 1. The van der Waals surface area contributed by atoms with E-state index in [9.17, 15) is 0 Å². The van der Waals surface area contributed by atoms with Crippen LogP contribution in [0.25, 0.3) is 0 Å². The zero-order valence-electron chi connectivity index (χ0n) is 9.38. The normalized spacial score (nSPS) is 15.3. The van der Waals surface area contributed by atoms with Crippen LogP contribution in [0.4, 0.5) is 0 Å². The lowest BCUT2D eigenvalue weighted by atomic mass is 10.1. The second-order valence-corrected chi connectivity index (χ2v) is 3.99. The number of hydrogen-bond donors (Lipinski definition) is 0. The Kier molecular flexibility index (Phi) is 5.35. The molecule has 0 N–H and O–H groups in total. The van der Waals surface area contributed by atoms with Crippen molar-refractivity contribution in [3.63, 3.8) is 0 Å². The lowest BCUT2D eigenvalue weighted by molar-refractivity contribution is 0.212. The van der Waals surface area contributed by atoms with Crippen LogP contribution in [0.3, 0.4) is 0 Å². The van der Waals surface area contributed by atoms with Crippen molar-refractivity contribution in [2.75, 3.05) is 7.11 Å². The Balaban J connectivity index is 1.83. The quantitative estimate of drug-likeness (QED) is 0.250. The first-order valence-corrected chi connectivity index (χ1v) is 5.57. The second-order valence-electron chi connectivity index (χ2n) is 3.99. The van der Waals surface area contributed by atoms with Crippen molar-refractivity contribution < 1.29 is 4.84 Å². The van der Waals surface area contributed by atoms with E-state index in [1.165, 1.54) is 38.5 Å². The fraction of sp³-hybridized carbons (Fsp3) is 0.750. The predicted octanol–water partition coefficient (Wildman–Crippen LogP) is 3.68. The summed E-state index contributed by atoms with van der Waals surface area (Å²) in [4.78, 5) is 4.70. The fourth-order valence-electron chi connectivity index (χ4n) is 1.56. The molecule has 14 heavy (non-hydrogen) atoms. The molecule has 2 heteroatoms. The molecule has 0 fully saturated rings. The van der Waals surface area contributed by atoms with Crippen LogP contribution in [0.15, 0.2) is 16.8 Å². The van der Waals surface area contributed by atoms with Crippen LogP contribution in [0.1, 0.15) is 51.9 Å². The standard InChI is InChI=1S/C12H21NO/c1-11(13-14-2)7-5-3-4-6-8-12-9-10-12/h9H,3-8,10H2,1-2H3/b13-11-. The highest BCUT2D eigenvalue weighted by Crippen LogP contribution is 2.24. The Bertz CT molecular complexity index is 218. The van der Waals surface area contributed by atoms with E-state index in [2.05, 4.69) is 11.2 Å². The van der Waals surface area contributed by atoms with Gasteiger partial charge in [-0.15, -0.1) is 0 Å². The molecule has 80 valence electrons. The van der Waals surface area contributed by atoms with Gasteiger partial charge in [-0.05, 0) is 39.0 Å². The molecule has 0 aromatic rings. The minimum Gasteiger partial charge on any atom is -0.399 e. The largest absolute Gasteiger partial charge is 0.399 e. The molecule has 0 heterocycles. The topological polar surface area (TPSA) is 21.6 Å². The number of hydrogen-bond acceptors (Lipinski definition) is 2. The summed E-state index contributed by atoms with van der Waals surface area (Å²) in [5, 5.41) is 3.89. The van der Waals surface area contributed by atoms with Crippen LogP contribution in [-0.4, -0.2) is 12.8 Å². The molecular formula is C12H21NO. The SMILES string of the molecule is CO/N=C(/C)CCCCCCC1=CC1. The molecule has 0 amide bonds. The highest BCUT2D eigenvalue weighted by atomic mass is 16.6. The van der Waals surface area contributed by atoms with Gasteiger partial charge in [0.1, 0.15) is 7.11 Å². The molecule has 0 bridgehead atoms. The summed E-state index contributed by atoms with van der Waals surface area (Å²) in [7, 11) is 1.60. The van der Waals surface area contributed by atoms with Crippen molar-refractivity contribution in [3.8, 4) is 0 Å². The van der Waals surface area contributed by atoms with Crippen molar-refractivity contribution in [3.05, 3.63) is 11.6 Å². The van der Waals surface area contributed by atoms with Crippen LogP contribution < -0.4 is 0 Å². The van der Waals surface area contributed by atoms with Crippen LogP contribution >= 0.6 is 0 Å². The summed E-state index contributed by atoms with van der Waals surface area (Å²) in [5.41, 5.74) is 2.78. The number of rotatable bonds is 8. The summed E-state index contributed by atoms with van der Waals surface area (Å²) in [6, 6.07) is 0. The molecule has 0 atom stereocenters. The van der Waals surface area contributed by atoms with Crippen LogP contribution in [0.2, 0.25) is 0 Å². The average molecular weight is 195 g/mol. The number of unbranched alkanes of at least 4 members (excludes halogenated alkanes) is 3. The van der Waals surface area contributed by atoms with Gasteiger partial charge in [0.25, 0.3) is 0 Å². The van der Waals surface area contributed by atoms with Crippen molar-refractivity contribution in [2.45, 2.75) is 51.9 Å². The molecule has 0 saturated heterocycles. The summed E-state index contributed by atoms with van der Waals surface area (Å²) >= 11 is 0. The highest BCUT2D eigenvalue weighted by Gasteiger charge is 2.05. The maximum absolute atomic E-state index is 4.70. The third-order valence-corrected chi connectivity index (χ3v) is 2.53. The predicted molar refractivity (Wildman–Crippen MR) is 60.5 cm³/mol. The van der Waals surface area contributed by atoms with E-state index in [0.717, 1.165) is 12.1 Å². The minimum absolute atomic E-state index is 1.08. The highest BCUT2D eigenvalue weighted by molar-refractivity contribution is 5.81. The molecule has 0 unspecified atom stereocenters. The first-order chi connectivity index (χ1) is 6.83. The molecule has 0 radical (unpaired) electrons. The third-order valence-electron chi connectivity index (χ3n) is 2.53. The molecule has 0 aliphatic heterocycles. The monoisotopic (exact) mass is 195 g/mol. The van der Waals surface area contributed by atoms with Gasteiger partial charge in [0, 0.05) is 0 Å². The summed E-state index contributed by atoms with van der Waals surface area (Å²) in [5.74, 6) is 0. The molecule has 2 nitrogen and oxygen atoms in total. The summed E-state index contributed by atoms with van der Waals surface area (Å²) in [6.45, 7) is 2.03. The molecule has 1 rings (SSSR count). The molecule has 0 saturated carbocycles. The van der Waals surface area contributed by atoms with E-state index in [1.807, 2.05) is 6.92 Å². The van der Waals surface area contributed by atoms with Crippen molar-refractivity contribution in [1.29, 1.82) is 0 Å². The zero-order valence-corrected chi connectivity index (χ0v) is 9.38. The summed E-state index contributed by atoms with van der Waals surface area (Å²) < 4.78 is 0. The Morgan fingerprint density at radius 1 is 1.36 bits per heavy atom. The second kappa shape index (κ2) is 6.63.